The van der Waals surface area contributed by atoms with Crippen LogP contribution >= 0.6 is 0 Å². The Morgan fingerprint density at radius 2 is 1.90 bits per heavy atom. The summed E-state index contributed by atoms with van der Waals surface area (Å²) in [6.07, 6.45) is 1.84. The zero-order chi connectivity index (χ0) is 13.9. The number of ketones is 1. The second-order valence-electron chi connectivity index (χ2n) is 4.56. The topological polar surface area (TPSA) is 44.9 Å². The first-order valence-corrected chi connectivity index (χ1v) is 6.32. The fourth-order valence-corrected chi connectivity index (χ4v) is 2.07. The largest absolute Gasteiger partial charge is 0.378 e. The van der Waals surface area contributed by atoms with Crippen LogP contribution in [0.1, 0.15) is 10.4 Å². The van der Waals surface area contributed by atoms with Crippen LogP contribution in [0.3, 0.4) is 0 Å². The van der Waals surface area contributed by atoms with E-state index in [9.17, 15) is 9.18 Å². The van der Waals surface area contributed by atoms with E-state index in [1.54, 1.807) is 12.1 Å². The van der Waals surface area contributed by atoms with Gasteiger partial charge in [-0.2, -0.15) is 0 Å². The van der Waals surface area contributed by atoms with Gasteiger partial charge in [-0.3, -0.25) is 4.79 Å². The molecule has 0 aliphatic carbocycles. The van der Waals surface area contributed by atoms with E-state index in [4.69, 9.17) is 0 Å². The first-order valence-electron chi connectivity index (χ1n) is 6.32. The summed E-state index contributed by atoms with van der Waals surface area (Å²) in [5, 5.41) is 4.06. The van der Waals surface area contributed by atoms with Gasteiger partial charge >= 0.3 is 0 Å². The highest BCUT2D eigenvalue weighted by molar-refractivity contribution is 6.01. The molecule has 0 radical (unpaired) electrons. The smallest absolute Gasteiger partial charge is 0.181 e. The fraction of sp³-hybridized carbons (Fsp3) is 0.0625. The van der Waals surface area contributed by atoms with Gasteiger partial charge < -0.3 is 10.3 Å². The van der Waals surface area contributed by atoms with Crippen LogP contribution in [0.4, 0.5) is 10.1 Å². The van der Waals surface area contributed by atoms with E-state index in [2.05, 4.69) is 10.3 Å². The zero-order valence-corrected chi connectivity index (χ0v) is 10.7. The molecule has 100 valence electrons. The van der Waals surface area contributed by atoms with E-state index < -0.39 is 0 Å². The molecule has 0 saturated heterocycles. The summed E-state index contributed by atoms with van der Waals surface area (Å²) < 4.78 is 12.8. The van der Waals surface area contributed by atoms with Crippen LogP contribution in [0.25, 0.3) is 10.9 Å². The molecule has 1 heterocycles. The number of anilines is 1. The van der Waals surface area contributed by atoms with Crippen molar-refractivity contribution in [3.63, 3.8) is 0 Å². The molecule has 0 unspecified atom stereocenters. The second-order valence-corrected chi connectivity index (χ2v) is 4.56. The van der Waals surface area contributed by atoms with Crippen molar-refractivity contribution in [1.82, 2.24) is 4.98 Å². The molecule has 1 aromatic heterocycles. The van der Waals surface area contributed by atoms with Crippen molar-refractivity contribution >= 4 is 22.4 Å². The van der Waals surface area contributed by atoms with Crippen LogP contribution in [-0.2, 0) is 0 Å². The molecule has 2 N–H and O–H groups in total. The number of hydrogen-bond acceptors (Lipinski definition) is 2. The lowest BCUT2D eigenvalue weighted by atomic mass is 10.1. The SMILES string of the molecule is O=C(CNc1ccc(F)cc1)c1ccc2cc[nH]c2c1. The molecule has 0 atom stereocenters. The number of hydrogen-bond donors (Lipinski definition) is 2. The maximum atomic E-state index is 12.8. The molecule has 0 amide bonds. The zero-order valence-electron chi connectivity index (χ0n) is 10.7. The summed E-state index contributed by atoms with van der Waals surface area (Å²) in [5.41, 5.74) is 2.31. The number of rotatable bonds is 4. The predicted octanol–water partition coefficient (Wildman–Crippen LogP) is 3.60. The molecule has 0 fully saturated rings. The van der Waals surface area contributed by atoms with Crippen LogP contribution in [0, 0.1) is 5.82 Å². The van der Waals surface area contributed by atoms with Crippen molar-refractivity contribution in [3.05, 3.63) is 66.1 Å². The van der Waals surface area contributed by atoms with Crippen LogP contribution in [0.15, 0.2) is 54.7 Å². The predicted molar refractivity (Wildman–Crippen MR) is 77.5 cm³/mol. The van der Waals surface area contributed by atoms with Gasteiger partial charge in [0.15, 0.2) is 5.78 Å². The number of carbonyl (C=O) groups excluding carboxylic acids is 1. The third-order valence-corrected chi connectivity index (χ3v) is 3.17. The fourth-order valence-electron chi connectivity index (χ4n) is 2.07. The summed E-state index contributed by atoms with van der Waals surface area (Å²) in [5.74, 6) is -0.301. The minimum absolute atomic E-state index is 0.00850. The average molecular weight is 268 g/mol. The number of aromatic amines is 1. The monoisotopic (exact) mass is 268 g/mol. The number of aromatic nitrogens is 1. The molecular weight excluding hydrogens is 255 g/mol. The lowest BCUT2D eigenvalue weighted by Crippen LogP contribution is -2.13. The van der Waals surface area contributed by atoms with Crippen molar-refractivity contribution in [2.45, 2.75) is 0 Å². The summed E-state index contributed by atoms with van der Waals surface area (Å²) in [6, 6.07) is 13.5. The van der Waals surface area contributed by atoms with E-state index in [1.807, 2.05) is 30.5 Å². The molecule has 20 heavy (non-hydrogen) atoms. The van der Waals surface area contributed by atoms with Crippen molar-refractivity contribution in [3.8, 4) is 0 Å². The van der Waals surface area contributed by atoms with Gasteiger partial charge in [0.1, 0.15) is 5.82 Å². The Balaban J connectivity index is 1.70. The normalized spacial score (nSPS) is 10.7. The molecular formula is C16H13FN2O. The molecule has 4 heteroatoms. The van der Waals surface area contributed by atoms with Crippen molar-refractivity contribution in [1.29, 1.82) is 0 Å². The van der Waals surface area contributed by atoms with Crippen molar-refractivity contribution in [2.75, 3.05) is 11.9 Å². The summed E-state index contributed by atoms with van der Waals surface area (Å²) in [7, 11) is 0. The van der Waals surface area contributed by atoms with Crippen LogP contribution in [-0.4, -0.2) is 17.3 Å². The van der Waals surface area contributed by atoms with E-state index >= 15 is 0 Å². The second kappa shape index (κ2) is 5.17. The molecule has 0 aliphatic rings. The Bertz CT molecular complexity index is 747. The van der Waals surface area contributed by atoms with Crippen LogP contribution < -0.4 is 5.32 Å². The minimum Gasteiger partial charge on any atom is -0.378 e. The summed E-state index contributed by atoms with van der Waals surface area (Å²) in [4.78, 5) is 15.2. The van der Waals surface area contributed by atoms with E-state index in [0.717, 1.165) is 16.6 Å². The Morgan fingerprint density at radius 3 is 2.70 bits per heavy atom. The first kappa shape index (κ1) is 12.4. The van der Waals surface area contributed by atoms with Crippen molar-refractivity contribution < 1.29 is 9.18 Å². The molecule has 3 rings (SSSR count). The molecule has 0 aliphatic heterocycles. The van der Waals surface area contributed by atoms with Gasteiger partial charge in [-0.05, 0) is 41.8 Å². The third kappa shape index (κ3) is 2.54. The molecule has 0 saturated carbocycles. The number of fused-ring (bicyclic) bond motifs is 1. The van der Waals surface area contributed by atoms with Gasteiger partial charge in [0.2, 0.25) is 0 Å². The standard InChI is InChI=1S/C16H13FN2O/c17-13-3-5-14(6-4-13)19-10-16(20)12-2-1-11-7-8-18-15(11)9-12/h1-9,18-19H,10H2. The lowest BCUT2D eigenvalue weighted by molar-refractivity contribution is 0.101. The number of halogens is 1. The summed E-state index contributed by atoms with van der Waals surface area (Å²) in [6.45, 7) is 0.178. The lowest BCUT2D eigenvalue weighted by Gasteiger charge is -2.06. The van der Waals surface area contributed by atoms with Gasteiger partial charge in [-0.15, -0.1) is 0 Å². The maximum absolute atomic E-state index is 12.8. The van der Waals surface area contributed by atoms with Gasteiger partial charge in [-0.1, -0.05) is 12.1 Å². The van der Waals surface area contributed by atoms with Gasteiger partial charge in [0.05, 0.1) is 6.54 Å². The van der Waals surface area contributed by atoms with Crippen molar-refractivity contribution in [2.24, 2.45) is 0 Å². The van der Waals surface area contributed by atoms with Crippen LogP contribution in [0.5, 0.6) is 0 Å². The Labute approximate surface area is 115 Å². The minimum atomic E-state index is -0.293. The van der Waals surface area contributed by atoms with E-state index in [-0.39, 0.29) is 18.1 Å². The average Bonchev–Trinajstić information content (AvgIpc) is 2.93. The quantitative estimate of drug-likeness (QED) is 0.710. The van der Waals surface area contributed by atoms with Gasteiger partial charge in [0, 0.05) is 23.0 Å². The third-order valence-electron chi connectivity index (χ3n) is 3.17. The van der Waals surface area contributed by atoms with Gasteiger partial charge in [0.25, 0.3) is 0 Å². The molecule has 3 nitrogen and oxygen atoms in total. The summed E-state index contributed by atoms with van der Waals surface area (Å²) >= 11 is 0. The van der Waals surface area contributed by atoms with E-state index in [1.165, 1.54) is 12.1 Å². The van der Waals surface area contributed by atoms with E-state index in [0.29, 0.717) is 5.56 Å². The molecule has 3 aromatic rings. The number of nitrogens with one attached hydrogen (secondary N) is 2. The van der Waals surface area contributed by atoms with Gasteiger partial charge in [-0.25, -0.2) is 4.39 Å². The number of carbonyl (C=O) groups is 1. The Morgan fingerprint density at radius 1 is 1.10 bits per heavy atom. The maximum Gasteiger partial charge on any atom is 0.181 e. The number of benzene rings is 2. The highest BCUT2D eigenvalue weighted by Crippen LogP contribution is 2.15. The Hall–Kier alpha value is -2.62. The molecule has 2 aromatic carbocycles. The highest BCUT2D eigenvalue weighted by atomic mass is 19.1. The highest BCUT2D eigenvalue weighted by Gasteiger charge is 2.07. The molecule has 0 bridgehead atoms. The Kier molecular flexibility index (Phi) is 3.21. The number of H-pyrrole nitrogens is 1. The number of Topliss-reactive ketones (excluding diaryl/α,β-unsaturated/α-hetero) is 1. The molecule has 0 spiro atoms. The first-order chi connectivity index (χ1) is 9.72. The van der Waals surface area contributed by atoms with Crippen LogP contribution in [0.2, 0.25) is 0 Å².